The summed E-state index contributed by atoms with van der Waals surface area (Å²) in [7, 11) is 2.95. The molecule has 0 atom stereocenters. The van der Waals surface area contributed by atoms with Gasteiger partial charge >= 0.3 is 6.18 Å². The summed E-state index contributed by atoms with van der Waals surface area (Å²) in [6.07, 6.45) is 3.87. The number of hydrogen-bond acceptors (Lipinski definition) is 5. The SMILES string of the molecule is CO/C=C/C(=C\C=C(/C)C(=O)CN/C=C\C=C(/C=O)C(F)(F)F)OC. The standard InChI is InChI=1S/C17H20F3NO4/c1-13(6-7-15(25-3)8-10-24-2)16(23)11-21-9-4-5-14(12-22)17(18,19)20/h4-10,12,21H,11H2,1-3H3/b9-4-,10-8+,13-6+,14-5+,15-7+. The van der Waals surface area contributed by atoms with Crippen LogP contribution in [0.3, 0.4) is 0 Å². The number of aldehydes is 1. The normalized spacial score (nSPS) is 14.1. The molecule has 0 aromatic rings. The van der Waals surface area contributed by atoms with E-state index >= 15 is 0 Å². The average molecular weight is 359 g/mol. The molecule has 0 aromatic carbocycles. The molecule has 8 heteroatoms. The minimum atomic E-state index is -4.70. The number of carbonyl (C=O) groups excluding carboxylic acids is 2. The number of rotatable bonds is 10. The summed E-state index contributed by atoms with van der Waals surface area (Å²) in [4.78, 5) is 22.1. The highest BCUT2D eigenvalue weighted by Crippen LogP contribution is 2.23. The third kappa shape index (κ3) is 9.85. The second-order valence-corrected chi connectivity index (χ2v) is 4.56. The summed E-state index contributed by atoms with van der Waals surface area (Å²) in [5, 5.41) is 2.55. The topological polar surface area (TPSA) is 64.6 Å². The molecule has 0 radical (unpaired) electrons. The quantitative estimate of drug-likeness (QED) is 0.281. The molecule has 138 valence electrons. The number of methoxy groups -OCH3 is 2. The van der Waals surface area contributed by atoms with Crippen molar-refractivity contribution < 1.29 is 32.2 Å². The molecular weight excluding hydrogens is 339 g/mol. The van der Waals surface area contributed by atoms with Crippen LogP contribution < -0.4 is 5.32 Å². The number of carbonyl (C=O) groups is 2. The number of halogens is 3. The van der Waals surface area contributed by atoms with E-state index in [4.69, 9.17) is 9.47 Å². The molecule has 0 aliphatic heterocycles. The monoisotopic (exact) mass is 359 g/mol. The van der Waals surface area contributed by atoms with E-state index in [1.54, 1.807) is 25.2 Å². The highest BCUT2D eigenvalue weighted by Gasteiger charge is 2.32. The van der Waals surface area contributed by atoms with E-state index in [0.717, 1.165) is 12.3 Å². The van der Waals surface area contributed by atoms with Gasteiger partial charge in [-0.2, -0.15) is 13.2 Å². The molecule has 0 amide bonds. The maximum absolute atomic E-state index is 12.3. The van der Waals surface area contributed by atoms with Crippen molar-refractivity contribution in [3.05, 3.63) is 59.7 Å². The van der Waals surface area contributed by atoms with Gasteiger partial charge < -0.3 is 14.8 Å². The first kappa shape index (κ1) is 22.2. The fourth-order valence-corrected chi connectivity index (χ4v) is 1.34. The van der Waals surface area contributed by atoms with Crippen molar-refractivity contribution in [2.75, 3.05) is 20.8 Å². The van der Waals surface area contributed by atoms with Crippen LogP contribution in [0, 0.1) is 0 Å². The first-order valence-electron chi connectivity index (χ1n) is 7.04. The molecule has 0 rings (SSSR count). The largest absolute Gasteiger partial charge is 0.504 e. The second-order valence-electron chi connectivity index (χ2n) is 4.56. The van der Waals surface area contributed by atoms with Crippen LogP contribution >= 0.6 is 0 Å². The molecule has 0 aliphatic carbocycles. The van der Waals surface area contributed by atoms with Crippen molar-refractivity contribution in [3.63, 3.8) is 0 Å². The van der Waals surface area contributed by atoms with Gasteiger partial charge in [-0.05, 0) is 36.9 Å². The lowest BCUT2D eigenvalue weighted by molar-refractivity contribution is -0.119. The third-order valence-electron chi connectivity index (χ3n) is 2.75. The predicted molar refractivity (Wildman–Crippen MR) is 87.3 cm³/mol. The Morgan fingerprint density at radius 2 is 1.84 bits per heavy atom. The lowest BCUT2D eigenvalue weighted by Gasteiger charge is -2.03. The van der Waals surface area contributed by atoms with E-state index in [1.807, 2.05) is 0 Å². The molecule has 0 fully saturated rings. The Kier molecular flexibility index (Phi) is 10.4. The number of hydrogen-bond donors (Lipinski definition) is 1. The summed E-state index contributed by atoms with van der Waals surface area (Å²) in [6.45, 7) is 1.48. The fraction of sp³-hybridized carbons (Fsp3) is 0.294. The van der Waals surface area contributed by atoms with E-state index in [0.29, 0.717) is 17.4 Å². The van der Waals surface area contributed by atoms with Crippen LogP contribution in [0.15, 0.2) is 59.7 Å². The Hall–Kier alpha value is -2.77. The second kappa shape index (κ2) is 11.7. The third-order valence-corrected chi connectivity index (χ3v) is 2.75. The van der Waals surface area contributed by atoms with Gasteiger partial charge in [-0.3, -0.25) is 9.59 Å². The molecule has 0 saturated heterocycles. The van der Waals surface area contributed by atoms with E-state index in [9.17, 15) is 22.8 Å². The zero-order valence-electron chi connectivity index (χ0n) is 14.1. The van der Waals surface area contributed by atoms with Gasteiger partial charge in [0, 0.05) is 6.08 Å². The Morgan fingerprint density at radius 3 is 2.36 bits per heavy atom. The molecule has 5 nitrogen and oxygen atoms in total. The van der Waals surface area contributed by atoms with Crippen LogP contribution in [0.5, 0.6) is 0 Å². The lowest BCUT2D eigenvalue weighted by Crippen LogP contribution is -2.18. The van der Waals surface area contributed by atoms with Crippen LogP contribution in [0.25, 0.3) is 0 Å². The lowest BCUT2D eigenvalue weighted by atomic mass is 10.1. The molecule has 0 heterocycles. The summed E-state index contributed by atoms with van der Waals surface area (Å²) >= 11 is 0. The predicted octanol–water partition coefficient (Wildman–Crippen LogP) is 2.98. The van der Waals surface area contributed by atoms with Crippen molar-refractivity contribution in [1.82, 2.24) is 5.32 Å². The van der Waals surface area contributed by atoms with Gasteiger partial charge in [-0.15, -0.1) is 0 Å². The maximum atomic E-state index is 12.3. The number of nitrogens with one attached hydrogen (secondary N) is 1. The van der Waals surface area contributed by atoms with Crippen molar-refractivity contribution >= 4 is 12.1 Å². The van der Waals surface area contributed by atoms with Gasteiger partial charge in [0.25, 0.3) is 0 Å². The Morgan fingerprint density at radius 1 is 1.16 bits per heavy atom. The highest BCUT2D eigenvalue weighted by atomic mass is 19.4. The first-order chi connectivity index (χ1) is 11.8. The smallest absolute Gasteiger partial charge is 0.419 e. The summed E-state index contributed by atoms with van der Waals surface area (Å²) in [5.74, 6) is 0.211. The molecule has 0 unspecified atom stereocenters. The number of ether oxygens (including phenoxy) is 2. The average Bonchev–Trinajstić information content (AvgIpc) is 2.56. The van der Waals surface area contributed by atoms with Crippen LogP contribution in [-0.2, 0) is 19.1 Å². The highest BCUT2D eigenvalue weighted by molar-refractivity contribution is 5.96. The van der Waals surface area contributed by atoms with Crippen LogP contribution in [0.4, 0.5) is 13.2 Å². The van der Waals surface area contributed by atoms with Crippen molar-refractivity contribution in [2.45, 2.75) is 13.1 Å². The van der Waals surface area contributed by atoms with E-state index in [2.05, 4.69) is 5.32 Å². The first-order valence-corrected chi connectivity index (χ1v) is 7.04. The molecule has 25 heavy (non-hydrogen) atoms. The number of alkyl halides is 3. The Balaban J connectivity index is 4.65. The van der Waals surface area contributed by atoms with Gasteiger partial charge in [-0.25, -0.2) is 0 Å². The molecule has 0 aromatic heterocycles. The number of Topliss-reactive ketones (excluding diaryl/α,β-unsaturated/α-hetero) is 1. The zero-order valence-corrected chi connectivity index (χ0v) is 14.1. The Bertz CT molecular complexity index is 600. The van der Waals surface area contributed by atoms with E-state index in [1.165, 1.54) is 20.5 Å². The Labute approximate surface area is 144 Å². The maximum Gasteiger partial charge on any atom is 0.419 e. The van der Waals surface area contributed by atoms with Crippen molar-refractivity contribution in [3.8, 4) is 0 Å². The van der Waals surface area contributed by atoms with Crippen molar-refractivity contribution in [2.24, 2.45) is 0 Å². The minimum Gasteiger partial charge on any atom is -0.504 e. The molecule has 1 N–H and O–H groups in total. The van der Waals surface area contributed by atoms with Gasteiger partial charge in [0.1, 0.15) is 5.76 Å². The van der Waals surface area contributed by atoms with Gasteiger partial charge in [0.15, 0.2) is 12.1 Å². The zero-order chi connectivity index (χ0) is 19.3. The van der Waals surface area contributed by atoms with Gasteiger partial charge in [0.05, 0.1) is 32.6 Å². The molecule has 0 aliphatic rings. The summed E-state index contributed by atoms with van der Waals surface area (Å²) in [6, 6.07) is 0. The van der Waals surface area contributed by atoms with Gasteiger partial charge in [0.2, 0.25) is 0 Å². The fourth-order valence-electron chi connectivity index (χ4n) is 1.34. The van der Waals surface area contributed by atoms with E-state index in [-0.39, 0.29) is 18.6 Å². The van der Waals surface area contributed by atoms with Crippen LogP contribution in [-0.4, -0.2) is 39.0 Å². The van der Waals surface area contributed by atoms with Crippen LogP contribution in [0.2, 0.25) is 0 Å². The molecule has 0 spiro atoms. The summed E-state index contributed by atoms with van der Waals surface area (Å²) < 4.78 is 46.6. The summed E-state index contributed by atoms with van der Waals surface area (Å²) in [5.41, 5.74) is -0.894. The molecular formula is C17H20F3NO4. The molecule has 0 saturated carbocycles. The van der Waals surface area contributed by atoms with Crippen LogP contribution in [0.1, 0.15) is 6.92 Å². The number of ketones is 1. The van der Waals surface area contributed by atoms with E-state index < -0.39 is 11.7 Å². The minimum absolute atomic E-state index is 0.112. The van der Waals surface area contributed by atoms with Crippen molar-refractivity contribution in [1.29, 1.82) is 0 Å². The molecule has 0 bridgehead atoms. The van der Waals surface area contributed by atoms with Gasteiger partial charge in [-0.1, -0.05) is 6.08 Å². The number of allylic oxidation sites excluding steroid dienone is 6.